The number of unbranched alkanes of at least 4 members (excludes halogenated alkanes) is 28. The summed E-state index contributed by atoms with van der Waals surface area (Å²) in [6, 6.07) is 0. The second-order valence-electron chi connectivity index (χ2n) is 22.5. The van der Waals surface area contributed by atoms with Crippen LogP contribution in [0.5, 0.6) is 0 Å². The summed E-state index contributed by atoms with van der Waals surface area (Å²) in [7, 11) is -9.87. The summed E-state index contributed by atoms with van der Waals surface area (Å²) < 4.78 is 67.6. The summed E-state index contributed by atoms with van der Waals surface area (Å²) in [6.45, 7) is 9.37. The van der Waals surface area contributed by atoms with Crippen molar-refractivity contribution in [2.45, 2.75) is 310 Å². The molecule has 17 nitrogen and oxygen atoms in total. The average Bonchev–Trinajstić information content (AvgIpc) is 3.41. The Labute approximate surface area is 479 Å². The maximum atomic E-state index is 12.9. The van der Waals surface area contributed by atoms with Gasteiger partial charge in [0.2, 0.25) is 0 Å². The fourth-order valence-electron chi connectivity index (χ4n) is 8.79. The molecule has 0 saturated carbocycles. The lowest BCUT2D eigenvalue weighted by Gasteiger charge is -2.21. The predicted octanol–water partition coefficient (Wildman–Crippen LogP) is 16.1. The van der Waals surface area contributed by atoms with Crippen molar-refractivity contribution in [2.75, 3.05) is 39.6 Å². The van der Waals surface area contributed by atoms with Gasteiger partial charge in [-0.1, -0.05) is 241 Å². The lowest BCUT2D eigenvalue weighted by atomic mass is 9.99. The van der Waals surface area contributed by atoms with E-state index in [1.54, 1.807) is 0 Å². The number of phosphoric ester groups is 2. The molecule has 0 fully saturated rings. The lowest BCUT2D eigenvalue weighted by molar-refractivity contribution is -0.161. The van der Waals surface area contributed by atoms with Gasteiger partial charge in [0.15, 0.2) is 12.2 Å². The molecule has 0 rings (SSSR count). The second-order valence-corrected chi connectivity index (χ2v) is 25.4. The number of rotatable bonds is 59. The van der Waals surface area contributed by atoms with E-state index < -0.39 is 97.5 Å². The number of aliphatic hydroxyl groups excluding tert-OH is 1. The SMILES string of the molecule is CCCCCCCCCC(=O)OC[C@H](COP(=O)(O)OC[C@H](O)COP(=O)(O)OC[C@@H](COC(=O)CCCCCCCCCCC(C)CC)OC(=O)CCCCCCCCCCCCC(C)C)OC(=O)CCCCCCCCC. The van der Waals surface area contributed by atoms with E-state index in [-0.39, 0.29) is 25.7 Å². The van der Waals surface area contributed by atoms with E-state index in [1.807, 2.05) is 0 Å². The number of esters is 4. The van der Waals surface area contributed by atoms with E-state index in [0.717, 1.165) is 127 Å². The summed E-state index contributed by atoms with van der Waals surface area (Å²) in [4.78, 5) is 71.8. The Morgan fingerprint density at radius 2 is 0.646 bits per heavy atom. The van der Waals surface area contributed by atoms with Crippen LogP contribution in [0, 0.1) is 11.8 Å². The number of aliphatic hydroxyl groups is 1. The van der Waals surface area contributed by atoms with Crippen molar-refractivity contribution < 1.29 is 80.2 Å². The van der Waals surface area contributed by atoms with E-state index >= 15 is 0 Å². The average molecular weight is 1170 g/mol. The van der Waals surface area contributed by atoms with Crippen LogP contribution in [0.2, 0.25) is 0 Å². The molecule has 0 bridgehead atoms. The number of carbonyl (C=O) groups is 4. The maximum Gasteiger partial charge on any atom is 0.472 e. The van der Waals surface area contributed by atoms with Crippen molar-refractivity contribution in [3.63, 3.8) is 0 Å². The first-order chi connectivity index (χ1) is 37.9. The standard InChI is InChI=1S/C60H116O17P2/c1-7-10-12-14-22-30-36-42-57(62)70-48-55(76-59(64)44-38-32-23-15-13-11-8-2)50-74-78(66,67)72-46-54(61)47-73-79(68,69)75-51-56(49-71-58(63)43-37-31-26-21-20-25-29-35-41-53(6)9-3)77-60(65)45-39-33-27-19-17-16-18-24-28-34-40-52(4)5/h52-56,61H,7-51H2,1-6H3,(H,66,67)(H,68,69)/t53?,54-,55+,56+/m0/s1. The van der Waals surface area contributed by atoms with Crippen molar-refractivity contribution >= 4 is 39.5 Å². The van der Waals surface area contributed by atoms with Crippen LogP contribution in [0.1, 0.15) is 292 Å². The van der Waals surface area contributed by atoms with Gasteiger partial charge in [0.1, 0.15) is 19.3 Å². The highest BCUT2D eigenvalue weighted by molar-refractivity contribution is 7.47. The summed E-state index contributed by atoms with van der Waals surface area (Å²) in [5.41, 5.74) is 0. The summed E-state index contributed by atoms with van der Waals surface area (Å²) >= 11 is 0. The Balaban J connectivity index is 5.20. The minimum Gasteiger partial charge on any atom is -0.462 e. The van der Waals surface area contributed by atoms with Crippen molar-refractivity contribution in [1.29, 1.82) is 0 Å². The van der Waals surface area contributed by atoms with Crippen LogP contribution in [0.25, 0.3) is 0 Å². The summed E-state index contributed by atoms with van der Waals surface area (Å²) in [5, 5.41) is 10.5. The monoisotopic (exact) mass is 1170 g/mol. The molecular formula is C60H116O17P2. The van der Waals surface area contributed by atoms with Crippen molar-refractivity contribution in [2.24, 2.45) is 11.8 Å². The van der Waals surface area contributed by atoms with Crippen LogP contribution >= 0.6 is 15.6 Å². The fraction of sp³-hybridized carbons (Fsp3) is 0.933. The molecule has 0 aliphatic carbocycles. The molecule has 3 N–H and O–H groups in total. The minimum atomic E-state index is -4.94. The molecule has 6 atom stereocenters. The zero-order chi connectivity index (χ0) is 58.7. The quantitative estimate of drug-likeness (QED) is 0.0222. The third-order valence-corrected chi connectivity index (χ3v) is 16.0. The van der Waals surface area contributed by atoms with Crippen LogP contribution in [0.15, 0.2) is 0 Å². The smallest absolute Gasteiger partial charge is 0.462 e. The molecule has 0 radical (unpaired) electrons. The van der Waals surface area contributed by atoms with E-state index in [1.165, 1.54) is 83.5 Å². The molecule has 19 heteroatoms. The molecule has 0 spiro atoms. The first-order valence-electron chi connectivity index (χ1n) is 31.5. The summed E-state index contributed by atoms with van der Waals surface area (Å²) in [6.07, 6.45) is 33.6. The van der Waals surface area contributed by atoms with Crippen LogP contribution in [-0.2, 0) is 65.4 Å². The summed E-state index contributed by atoms with van der Waals surface area (Å²) in [5.74, 6) is -0.619. The zero-order valence-corrected chi connectivity index (χ0v) is 52.4. The Bertz CT molecular complexity index is 1570. The van der Waals surface area contributed by atoms with Crippen LogP contribution < -0.4 is 0 Å². The van der Waals surface area contributed by atoms with Crippen molar-refractivity contribution in [3.8, 4) is 0 Å². The number of carbonyl (C=O) groups excluding carboxylic acids is 4. The van der Waals surface area contributed by atoms with Gasteiger partial charge in [-0.2, -0.15) is 0 Å². The van der Waals surface area contributed by atoms with Gasteiger partial charge in [0, 0.05) is 25.7 Å². The van der Waals surface area contributed by atoms with Gasteiger partial charge in [-0.05, 0) is 37.5 Å². The molecule has 0 saturated heterocycles. The Kier molecular flexibility index (Phi) is 51.5. The molecule has 0 heterocycles. The number of hydrogen-bond donors (Lipinski definition) is 3. The van der Waals surface area contributed by atoms with Gasteiger partial charge < -0.3 is 33.8 Å². The van der Waals surface area contributed by atoms with E-state index in [4.69, 9.17) is 37.0 Å². The Morgan fingerprint density at radius 1 is 0.367 bits per heavy atom. The van der Waals surface area contributed by atoms with Crippen LogP contribution in [0.3, 0.4) is 0 Å². The highest BCUT2D eigenvalue weighted by atomic mass is 31.2. The van der Waals surface area contributed by atoms with Gasteiger partial charge in [0.25, 0.3) is 0 Å². The highest BCUT2D eigenvalue weighted by Crippen LogP contribution is 2.45. The van der Waals surface area contributed by atoms with Crippen LogP contribution in [-0.4, -0.2) is 96.7 Å². The molecule has 0 aliphatic rings. The Hall–Kier alpha value is -1.94. The molecule has 0 aliphatic heterocycles. The maximum absolute atomic E-state index is 12.9. The van der Waals surface area contributed by atoms with E-state index in [0.29, 0.717) is 25.7 Å². The molecule has 0 aromatic heterocycles. The second kappa shape index (κ2) is 52.8. The molecule has 3 unspecified atom stereocenters. The molecule has 468 valence electrons. The highest BCUT2D eigenvalue weighted by Gasteiger charge is 2.30. The normalized spacial score (nSPS) is 14.8. The van der Waals surface area contributed by atoms with Gasteiger partial charge >= 0.3 is 39.5 Å². The topological polar surface area (TPSA) is 237 Å². The van der Waals surface area contributed by atoms with Gasteiger partial charge in [-0.3, -0.25) is 37.3 Å². The largest absolute Gasteiger partial charge is 0.472 e. The number of phosphoric acid groups is 2. The van der Waals surface area contributed by atoms with Crippen LogP contribution in [0.4, 0.5) is 0 Å². The van der Waals surface area contributed by atoms with E-state index in [2.05, 4.69) is 41.5 Å². The van der Waals surface area contributed by atoms with Gasteiger partial charge in [0.05, 0.1) is 26.4 Å². The number of ether oxygens (including phenoxy) is 4. The van der Waals surface area contributed by atoms with E-state index in [9.17, 15) is 43.2 Å². The van der Waals surface area contributed by atoms with Gasteiger partial charge in [-0.25, -0.2) is 9.13 Å². The molecular weight excluding hydrogens is 1050 g/mol. The third-order valence-electron chi connectivity index (χ3n) is 14.1. The van der Waals surface area contributed by atoms with Crippen molar-refractivity contribution in [3.05, 3.63) is 0 Å². The Morgan fingerprint density at radius 3 is 0.962 bits per heavy atom. The lowest BCUT2D eigenvalue weighted by Crippen LogP contribution is -2.30. The molecule has 0 aromatic carbocycles. The first-order valence-corrected chi connectivity index (χ1v) is 34.5. The first kappa shape index (κ1) is 77.1. The molecule has 0 aromatic rings. The third kappa shape index (κ3) is 53.8. The molecule has 79 heavy (non-hydrogen) atoms. The van der Waals surface area contributed by atoms with Crippen molar-refractivity contribution in [1.82, 2.24) is 0 Å². The minimum absolute atomic E-state index is 0.103. The predicted molar refractivity (Wildman–Crippen MR) is 312 cm³/mol. The zero-order valence-electron chi connectivity index (χ0n) is 50.7. The number of hydrogen-bond acceptors (Lipinski definition) is 15. The van der Waals surface area contributed by atoms with Gasteiger partial charge in [-0.15, -0.1) is 0 Å². The fourth-order valence-corrected chi connectivity index (χ4v) is 10.4. The molecule has 0 amide bonds.